The predicted octanol–water partition coefficient (Wildman–Crippen LogP) is 3.78. The van der Waals surface area contributed by atoms with Crippen LogP contribution in [0, 0.1) is 0 Å². The maximum absolute atomic E-state index is 12.3. The Bertz CT molecular complexity index is 551. The number of quaternary nitrogens is 1. The number of aliphatic hydroxyl groups is 1. The van der Waals surface area contributed by atoms with E-state index in [4.69, 9.17) is 9.05 Å². The lowest BCUT2D eigenvalue weighted by molar-refractivity contribution is -0.870. The first-order valence-electron chi connectivity index (χ1n) is 11.6. The number of nitrogens with one attached hydrogen (secondary N) is 1. The highest BCUT2D eigenvalue weighted by Gasteiger charge is 2.27. The van der Waals surface area contributed by atoms with E-state index in [1.165, 1.54) is 0 Å². The average Bonchev–Trinajstić information content (AvgIpc) is 2.67. The minimum Gasteiger partial charge on any atom is -0.387 e. The fraction of sp³-hybridized carbons (Fsp3) is 0.864. The molecule has 0 heterocycles. The van der Waals surface area contributed by atoms with Gasteiger partial charge in [0.1, 0.15) is 13.2 Å². The smallest absolute Gasteiger partial charge is 0.387 e. The number of rotatable bonds is 19. The highest BCUT2D eigenvalue weighted by atomic mass is 31.2. The Balaban J connectivity index is 4.76. The second kappa shape index (κ2) is 16.8. The standard InChI is InChI=1S/C22H45N2O6P/c1-6-8-10-12-14-16-22(26)23-20(21(25)15-13-11-9-7-2)19-30-31(27,28)29-18-17-24(3,4)5/h13,15,20-21,25H,6-12,14,16-19H2,1-5H3,(H-,23,26,27,28)/p+1/b15-13+. The molecule has 3 atom stereocenters. The van der Waals surface area contributed by atoms with Gasteiger partial charge in [0.05, 0.1) is 39.9 Å². The molecule has 184 valence electrons. The van der Waals surface area contributed by atoms with Crippen LogP contribution in [-0.4, -0.2) is 73.4 Å². The molecule has 31 heavy (non-hydrogen) atoms. The number of carbonyl (C=O) groups is 1. The van der Waals surface area contributed by atoms with Crippen molar-refractivity contribution in [3.63, 3.8) is 0 Å². The largest absolute Gasteiger partial charge is 0.472 e. The summed E-state index contributed by atoms with van der Waals surface area (Å²) in [6.07, 6.45) is 10.8. The van der Waals surface area contributed by atoms with Crippen molar-refractivity contribution in [1.29, 1.82) is 0 Å². The second-order valence-electron chi connectivity index (χ2n) is 9.01. The normalized spacial score (nSPS) is 16.2. The summed E-state index contributed by atoms with van der Waals surface area (Å²) < 4.78 is 22.9. The second-order valence-corrected chi connectivity index (χ2v) is 10.5. The minimum absolute atomic E-state index is 0.0610. The van der Waals surface area contributed by atoms with Crippen LogP contribution in [0.15, 0.2) is 12.2 Å². The molecule has 0 spiro atoms. The summed E-state index contributed by atoms with van der Waals surface area (Å²) in [5.74, 6) is -0.204. The van der Waals surface area contributed by atoms with Crippen molar-refractivity contribution in [2.45, 2.75) is 83.8 Å². The summed E-state index contributed by atoms with van der Waals surface area (Å²) in [5, 5.41) is 13.2. The zero-order valence-corrected chi connectivity index (χ0v) is 21.1. The lowest BCUT2D eigenvalue weighted by Gasteiger charge is -2.25. The van der Waals surface area contributed by atoms with E-state index >= 15 is 0 Å². The van der Waals surface area contributed by atoms with Gasteiger partial charge in [0.2, 0.25) is 5.91 Å². The van der Waals surface area contributed by atoms with Crippen LogP contribution in [0.4, 0.5) is 0 Å². The predicted molar refractivity (Wildman–Crippen MR) is 125 cm³/mol. The lowest BCUT2D eigenvalue weighted by Crippen LogP contribution is -2.45. The van der Waals surface area contributed by atoms with Crippen molar-refractivity contribution in [2.24, 2.45) is 0 Å². The fourth-order valence-electron chi connectivity index (χ4n) is 2.73. The number of phosphoric ester groups is 1. The van der Waals surface area contributed by atoms with Gasteiger partial charge in [-0.15, -0.1) is 0 Å². The van der Waals surface area contributed by atoms with E-state index in [0.29, 0.717) is 17.4 Å². The van der Waals surface area contributed by atoms with Crippen LogP contribution >= 0.6 is 7.82 Å². The number of hydrogen-bond donors (Lipinski definition) is 3. The minimum atomic E-state index is -4.28. The molecule has 3 N–H and O–H groups in total. The molecule has 0 aliphatic heterocycles. The summed E-state index contributed by atoms with van der Waals surface area (Å²) >= 11 is 0. The number of nitrogens with zero attached hydrogens (tertiary/aromatic N) is 1. The van der Waals surface area contributed by atoms with Gasteiger partial charge in [-0.05, 0) is 12.8 Å². The molecule has 0 fully saturated rings. The van der Waals surface area contributed by atoms with E-state index in [1.807, 2.05) is 27.2 Å². The van der Waals surface area contributed by atoms with E-state index in [1.54, 1.807) is 6.08 Å². The maximum atomic E-state index is 12.3. The van der Waals surface area contributed by atoms with Crippen LogP contribution in [0.3, 0.4) is 0 Å². The fourth-order valence-corrected chi connectivity index (χ4v) is 3.46. The van der Waals surface area contributed by atoms with Gasteiger partial charge in [0.25, 0.3) is 0 Å². The molecule has 0 radical (unpaired) electrons. The van der Waals surface area contributed by atoms with Crippen molar-refractivity contribution < 1.29 is 32.9 Å². The Morgan fingerprint density at radius 2 is 1.71 bits per heavy atom. The molecule has 0 rings (SSSR count). The van der Waals surface area contributed by atoms with Gasteiger partial charge >= 0.3 is 7.82 Å². The van der Waals surface area contributed by atoms with E-state index in [0.717, 1.165) is 51.4 Å². The van der Waals surface area contributed by atoms with E-state index in [2.05, 4.69) is 19.2 Å². The molecule has 9 heteroatoms. The van der Waals surface area contributed by atoms with Crippen LogP contribution in [0.25, 0.3) is 0 Å². The molecule has 0 aromatic rings. The number of carbonyl (C=O) groups excluding carboxylic acids is 1. The third-order valence-corrected chi connectivity index (χ3v) is 5.74. The van der Waals surface area contributed by atoms with E-state index in [-0.39, 0.29) is 19.1 Å². The molecule has 0 aliphatic carbocycles. The van der Waals surface area contributed by atoms with Gasteiger partial charge in [0.15, 0.2) is 0 Å². The van der Waals surface area contributed by atoms with Crippen LogP contribution in [-0.2, 0) is 18.4 Å². The molecule has 0 aromatic carbocycles. The van der Waals surface area contributed by atoms with E-state index in [9.17, 15) is 19.4 Å². The Morgan fingerprint density at radius 3 is 2.32 bits per heavy atom. The summed E-state index contributed by atoms with van der Waals surface area (Å²) in [6.45, 7) is 4.50. The summed E-state index contributed by atoms with van der Waals surface area (Å²) in [6, 6.07) is -0.830. The average molecular weight is 466 g/mol. The first-order valence-corrected chi connectivity index (χ1v) is 13.1. The molecule has 3 unspecified atom stereocenters. The zero-order chi connectivity index (χ0) is 23.8. The Labute approximate surface area is 189 Å². The van der Waals surface area contributed by atoms with Crippen LogP contribution in [0.1, 0.15) is 71.6 Å². The molecule has 0 saturated heterocycles. The quantitative estimate of drug-likeness (QED) is 0.116. The monoisotopic (exact) mass is 465 g/mol. The van der Waals surface area contributed by atoms with Gasteiger partial charge in [-0.3, -0.25) is 13.8 Å². The Kier molecular flexibility index (Phi) is 16.4. The molecule has 1 amide bonds. The van der Waals surface area contributed by atoms with Crippen molar-refractivity contribution in [2.75, 3.05) is 40.9 Å². The molecule has 8 nitrogen and oxygen atoms in total. The van der Waals surface area contributed by atoms with Gasteiger partial charge in [0, 0.05) is 6.42 Å². The summed E-state index contributed by atoms with van der Waals surface area (Å²) in [7, 11) is 1.56. The molecule has 0 aromatic heterocycles. The van der Waals surface area contributed by atoms with Crippen LogP contribution in [0.2, 0.25) is 0 Å². The van der Waals surface area contributed by atoms with Gasteiger partial charge < -0.3 is 19.8 Å². The number of likely N-dealkylation sites (N-methyl/N-ethyl adjacent to an activating group) is 1. The SMILES string of the molecule is CCCC/C=C/C(O)C(COP(=O)(O)OCC[N+](C)(C)C)NC(=O)CCCCCCC. The summed E-state index contributed by atoms with van der Waals surface area (Å²) in [4.78, 5) is 22.2. The highest BCUT2D eigenvalue weighted by molar-refractivity contribution is 7.47. The number of amides is 1. The first kappa shape index (κ1) is 30.2. The number of aliphatic hydroxyl groups excluding tert-OH is 1. The van der Waals surface area contributed by atoms with Crippen molar-refractivity contribution in [3.05, 3.63) is 12.2 Å². The molecular formula is C22H46N2O6P+. The molecular weight excluding hydrogens is 419 g/mol. The van der Waals surface area contributed by atoms with Gasteiger partial charge in [-0.25, -0.2) is 4.57 Å². The molecule has 0 saturated carbocycles. The van der Waals surface area contributed by atoms with Gasteiger partial charge in [-0.1, -0.05) is 64.5 Å². The molecule has 0 aliphatic rings. The lowest BCUT2D eigenvalue weighted by atomic mass is 10.1. The van der Waals surface area contributed by atoms with E-state index < -0.39 is 20.0 Å². The summed E-state index contributed by atoms with van der Waals surface area (Å²) in [5.41, 5.74) is 0. The van der Waals surface area contributed by atoms with Crippen molar-refractivity contribution >= 4 is 13.7 Å². The van der Waals surface area contributed by atoms with Crippen LogP contribution < -0.4 is 5.32 Å². The Morgan fingerprint density at radius 1 is 1.06 bits per heavy atom. The van der Waals surface area contributed by atoms with Crippen molar-refractivity contribution in [3.8, 4) is 0 Å². The zero-order valence-electron chi connectivity index (χ0n) is 20.2. The number of hydrogen-bond acceptors (Lipinski definition) is 5. The van der Waals surface area contributed by atoms with Crippen LogP contribution in [0.5, 0.6) is 0 Å². The topological polar surface area (TPSA) is 105 Å². The third-order valence-electron chi connectivity index (χ3n) is 4.76. The Hall–Kier alpha value is -0.760. The van der Waals surface area contributed by atoms with Gasteiger partial charge in [-0.2, -0.15) is 0 Å². The number of unbranched alkanes of at least 4 members (excludes halogenated alkanes) is 6. The highest BCUT2D eigenvalue weighted by Crippen LogP contribution is 2.43. The third kappa shape index (κ3) is 18.5. The van der Waals surface area contributed by atoms with Crippen molar-refractivity contribution in [1.82, 2.24) is 5.32 Å². The maximum Gasteiger partial charge on any atom is 0.472 e. The number of phosphoric acid groups is 1. The number of allylic oxidation sites excluding steroid dienone is 1. The first-order chi connectivity index (χ1) is 14.5. The molecule has 0 bridgehead atoms.